The fourth-order valence-electron chi connectivity index (χ4n) is 0.927. The molecule has 0 aromatic carbocycles. The van der Waals surface area contributed by atoms with E-state index in [1.807, 2.05) is 20.8 Å². The van der Waals surface area contributed by atoms with Crippen LogP contribution in [0.2, 0.25) is 0 Å². The molecule has 15 heavy (non-hydrogen) atoms. The van der Waals surface area contributed by atoms with Crippen LogP contribution in [0, 0.1) is 5.92 Å². The van der Waals surface area contributed by atoms with Gasteiger partial charge in [-0.2, -0.15) is 0 Å². The van der Waals surface area contributed by atoms with Crippen LogP contribution in [0.1, 0.15) is 41.0 Å². The van der Waals surface area contributed by atoms with Crippen LogP contribution in [0.5, 0.6) is 0 Å². The lowest BCUT2D eigenvalue weighted by Crippen LogP contribution is -2.39. The minimum Gasteiger partial charge on any atom is -0.459 e. The topological polar surface area (TPSA) is 52.6 Å². The molecule has 0 aromatic rings. The summed E-state index contributed by atoms with van der Waals surface area (Å²) < 4.78 is 9.85. The van der Waals surface area contributed by atoms with E-state index in [2.05, 4.69) is 4.74 Å². The highest BCUT2D eigenvalue weighted by molar-refractivity contribution is 5.79. The van der Waals surface area contributed by atoms with Crippen LogP contribution in [0.25, 0.3) is 0 Å². The van der Waals surface area contributed by atoms with Gasteiger partial charge in [-0.05, 0) is 26.7 Å². The number of esters is 1. The molecule has 0 fully saturated rings. The summed E-state index contributed by atoms with van der Waals surface area (Å²) in [5.41, 5.74) is -1.20. The molecule has 0 rings (SSSR count). The molecule has 0 spiro atoms. The van der Waals surface area contributed by atoms with Crippen molar-refractivity contribution in [3.63, 3.8) is 0 Å². The molecule has 0 aliphatic carbocycles. The molecule has 2 atom stereocenters. The van der Waals surface area contributed by atoms with Gasteiger partial charge in [-0.15, -0.1) is 0 Å². The zero-order chi connectivity index (χ0) is 12.1. The third-order valence-corrected chi connectivity index (χ3v) is 2.57. The Morgan fingerprint density at radius 2 is 1.93 bits per heavy atom. The molecule has 4 nitrogen and oxygen atoms in total. The second-order valence-electron chi connectivity index (χ2n) is 4.22. The lowest BCUT2D eigenvalue weighted by atomic mass is 10.0. The molecule has 0 saturated heterocycles. The summed E-state index contributed by atoms with van der Waals surface area (Å²) in [6, 6.07) is 0. The molecule has 0 aromatic heterocycles. The van der Waals surface area contributed by atoms with Crippen molar-refractivity contribution in [3.05, 3.63) is 0 Å². The van der Waals surface area contributed by atoms with E-state index in [1.54, 1.807) is 0 Å². The first-order valence-electron chi connectivity index (χ1n) is 5.17. The largest absolute Gasteiger partial charge is 0.459 e. The molecule has 2 unspecified atom stereocenters. The van der Waals surface area contributed by atoms with E-state index < -0.39 is 11.6 Å². The Hall–Kier alpha value is -1.06. The van der Waals surface area contributed by atoms with Gasteiger partial charge in [-0.1, -0.05) is 20.3 Å². The zero-order valence-electron chi connectivity index (χ0n) is 10.1. The van der Waals surface area contributed by atoms with Crippen LogP contribution in [0.15, 0.2) is 0 Å². The second-order valence-corrected chi connectivity index (χ2v) is 4.22. The summed E-state index contributed by atoms with van der Waals surface area (Å²) >= 11 is 0. The van der Waals surface area contributed by atoms with Gasteiger partial charge in [0, 0.05) is 0 Å². The smallest absolute Gasteiger partial charge is 0.350 e. The minimum atomic E-state index is -1.20. The lowest BCUT2D eigenvalue weighted by Gasteiger charge is -2.25. The number of hydrogen-bond donors (Lipinski definition) is 0. The number of rotatable bonds is 6. The Bertz CT molecular complexity index is 223. The fraction of sp³-hybridized carbons (Fsp3) is 0.818. The standard InChI is InChI=1S/C11H20O4/c1-6-8(2)9(3)15-10(13)11(4,5)14-7-12/h7-9H,6H2,1-5H3. The highest BCUT2D eigenvalue weighted by Gasteiger charge is 2.33. The van der Waals surface area contributed by atoms with Crippen LogP contribution >= 0.6 is 0 Å². The van der Waals surface area contributed by atoms with Crippen molar-refractivity contribution in [2.75, 3.05) is 0 Å². The molecule has 0 radical (unpaired) electrons. The average Bonchev–Trinajstić information content (AvgIpc) is 2.16. The van der Waals surface area contributed by atoms with E-state index in [0.29, 0.717) is 5.92 Å². The van der Waals surface area contributed by atoms with Gasteiger partial charge in [-0.3, -0.25) is 4.79 Å². The number of carbonyl (C=O) groups excluding carboxylic acids is 2. The molecule has 4 heteroatoms. The van der Waals surface area contributed by atoms with Crippen molar-refractivity contribution in [1.82, 2.24) is 0 Å². The zero-order valence-corrected chi connectivity index (χ0v) is 10.1. The van der Waals surface area contributed by atoms with Gasteiger partial charge in [0.2, 0.25) is 5.60 Å². The normalized spacial score (nSPS) is 15.3. The van der Waals surface area contributed by atoms with E-state index in [4.69, 9.17) is 4.74 Å². The van der Waals surface area contributed by atoms with Crippen molar-refractivity contribution >= 4 is 12.4 Å². The average molecular weight is 216 g/mol. The molecule has 0 bridgehead atoms. The number of ether oxygens (including phenoxy) is 2. The molecular formula is C11H20O4. The fourth-order valence-corrected chi connectivity index (χ4v) is 0.927. The quantitative estimate of drug-likeness (QED) is 0.502. The first-order chi connectivity index (χ1) is 6.85. The number of hydrogen-bond acceptors (Lipinski definition) is 4. The van der Waals surface area contributed by atoms with Crippen LogP contribution in [-0.2, 0) is 19.1 Å². The molecule has 88 valence electrons. The van der Waals surface area contributed by atoms with Gasteiger partial charge in [-0.25, -0.2) is 4.79 Å². The maximum absolute atomic E-state index is 11.6. The van der Waals surface area contributed by atoms with Gasteiger partial charge < -0.3 is 9.47 Å². The Balaban J connectivity index is 4.29. The van der Waals surface area contributed by atoms with Crippen LogP contribution < -0.4 is 0 Å². The molecule has 0 N–H and O–H groups in total. The first-order valence-corrected chi connectivity index (χ1v) is 5.17. The summed E-state index contributed by atoms with van der Waals surface area (Å²) in [5.74, 6) is -0.219. The van der Waals surface area contributed by atoms with Crippen molar-refractivity contribution < 1.29 is 19.1 Å². The van der Waals surface area contributed by atoms with Crippen molar-refractivity contribution in [2.45, 2.75) is 52.7 Å². The maximum atomic E-state index is 11.6. The van der Waals surface area contributed by atoms with Crippen LogP contribution in [-0.4, -0.2) is 24.1 Å². The lowest BCUT2D eigenvalue weighted by molar-refractivity contribution is -0.177. The Kier molecular flexibility index (Phi) is 5.33. The molecule has 0 heterocycles. The maximum Gasteiger partial charge on any atom is 0.350 e. The Labute approximate surface area is 90.9 Å². The first kappa shape index (κ1) is 13.9. The molecule has 0 amide bonds. The van der Waals surface area contributed by atoms with Crippen LogP contribution in [0.3, 0.4) is 0 Å². The van der Waals surface area contributed by atoms with Crippen LogP contribution in [0.4, 0.5) is 0 Å². The third-order valence-electron chi connectivity index (χ3n) is 2.57. The predicted octanol–water partition coefficient (Wildman–Crippen LogP) is 1.92. The number of carbonyl (C=O) groups is 2. The van der Waals surface area contributed by atoms with Gasteiger partial charge in [0.05, 0.1) is 0 Å². The summed E-state index contributed by atoms with van der Waals surface area (Å²) in [7, 11) is 0. The minimum absolute atomic E-state index is 0.169. The Morgan fingerprint density at radius 1 is 1.40 bits per heavy atom. The monoisotopic (exact) mass is 216 g/mol. The van der Waals surface area contributed by atoms with E-state index >= 15 is 0 Å². The van der Waals surface area contributed by atoms with E-state index in [9.17, 15) is 9.59 Å². The van der Waals surface area contributed by atoms with E-state index in [-0.39, 0.29) is 12.6 Å². The van der Waals surface area contributed by atoms with Crippen molar-refractivity contribution in [3.8, 4) is 0 Å². The second kappa shape index (κ2) is 5.73. The summed E-state index contributed by atoms with van der Waals surface area (Å²) in [6.07, 6.45) is 0.765. The van der Waals surface area contributed by atoms with Crippen molar-refractivity contribution in [2.24, 2.45) is 5.92 Å². The highest BCUT2D eigenvalue weighted by atomic mass is 16.6. The highest BCUT2D eigenvalue weighted by Crippen LogP contribution is 2.16. The molecule has 0 saturated carbocycles. The van der Waals surface area contributed by atoms with E-state index in [0.717, 1.165) is 6.42 Å². The predicted molar refractivity (Wildman–Crippen MR) is 56.2 cm³/mol. The van der Waals surface area contributed by atoms with Gasteiger partial charge in [0.25, 0.3) is 6.47 Å². The Morgan fingerprint density at radius 3 is 2.33 bits per heavy atom. The summed E-state index contributed by atoms with van der Waals surface area (Å²) in [4.78, 5) is 21.8. The van der Waals surface area contributed by atoms with Gasteiger partial charge >= 0.3 is 5.97 Å². The van der Waals surface area contributed by atoms with E-state index in [1.165, 1.54) is 13.8 Å². The summed E-state index contributed by atoms with van der Waals surface area (Å²) in [6.45, 7) is 9.14. The molecular weight excluding hydrogens is 196 g/mol. The van der Waals surface area contributed by atoms with Gasteiger partial charge in [0.1, 0.15) is 6.10 Å². The molecule has 0 aliphatic heterocycles. The summed E-state index contributed by atoms with van der Waals surface area (Å²) in [5, 5.41) is 0. The third kappa shape index (κ3) is 4.32. The van der Waals surface area contributed by atoms with Crippen molar-refractivity contribution in [1.29, 1.82) is 0 Å². The SMILES string of the molecule is CCC(C)C(C)OC(=O)C(C)(C)OC=O. The van der Waals surface area contributed by atoms with Gasteiger partial charge in [0.15, 0.2) is 0 Å². The molecule has 0 aliphatic rings.